The number of hydrogen-bond donors (Lipinski definition) is 0. The Morgan fingerprint density at radius 3 is 2.43 bits per heavy atom. The Bertz CT molecular complexity index is 228. The molecule has 0 fully saturated rings. The lowest BCUT2D eigenvalue weighted by Gasteiger charge is -2.04. The van der Waals surface area contributed by atoms with E-state index in [4.69, 9.17) is 0 Å². The normalized spacial score (nSPS) is 10.8. The van der Waals surface area contributed by atoms with E-state index >= 15 is 0 Å². The number of rotatable bonds is 6. The van der Waals surface area contributed by atoms with Gasteiger partial charge >= 0.3 is 0 Å². The van der Waals surface area contributed by atoms with E-state index in [1.807, 2.05) is 12.4 Å². The van der Waals surface area contributed by atoms with Gasteiger partial charge in [0.1, 0.15) is 0 Å². The number of unbranched alkanes of at least 4 members (excludes halogenated alkanes) is 2. The number of hydrogen-bond acceptors (Lipinski definition) is 1. The van der Waals surface area contributed by atoms with E-state index in [0.717, 1.165) is 5.92 Å². The highest BCUT2D eigenvalue weighted by molar-refractivity contribution is 5.09. The van der Waals surface area contributed by atoms with Crippen molar-refractivity contribution in [3.63, 3.8) is 0 Å². The highest BCUT2D eigenvalue weighted by Gasteiger charge is 1.95. The van der Waals surface area contributed by atoms with Crippen LogP contribution >= 0.6 is 0 Å². The van der Waals surface area contributed by atoms with Crippen LogP contribution in [0.4, 0.5) is 0 Å². The van der Waals surface area contributed by atoms with Gasteiger partial charge in [-0.15, -0.1) is 0 Å². The molecule has 0 aliphatic heterocycles. The molecule has 78 valence electrons. The molecule has 1 aromatic rings. The molecule has 1 nitrogen and oxygen atoms in total. The predicted molar refractivity (Wildman–Crippen MR) is 61.2 cm³/mol. The van der Waals surface area contributed by atoms with Gasteiger partial charge in [0.25, 0.3) is 0 Å². The Morgan fingerprint density at radius 1 is 1.07 bits per heavy atom. The summed E-state index contributed by atoms with van der Waals surface area (Å²) in [6.07, 6.45) is 10.4. The van der Waals surface area contributed by atoms with Gasteiger partial charge in [0.15, 0.2) is 0 Å². The van der Waals surface area contributed by atoms with Gasteiger partial charge in [-0.1, -0.05) is 33.1 Å². The van der Waals surface area contributed by atoms with E-state index in [9.17, 15) is 0 Å². The Balaban J connectivity index is 2.05. The Kier molecular flexibility index (Phi) is 5.28. The molecular weight excluding hydrogens is 170 g/mol. The predicted octanol–water partition coefficient (Wildman–Crippen LogP) is 3.84. The molecule has 0 N–H and O–H groups in total. The fourth-order valence-corrected chi connectivity index (χ4v) is 1.61. The first-order valence-electron chi connectivity index (χ1n) is 5.68. The number of nitrogens with zero attached hydrogens (tertiary/aromatic N) is 1. The topological polar surface area (TPSA) is 12.9 Å². The molecule has 0 atom stereocenters. The summed E-state index contributed by atoms with van der Waals surface area (Å²) in [6, 6.07) is 4.23. The summed E-state index contributed by atoms with van der Waals surface area (Å²) < 4.78 is 0. The summed E-state index contributed by atoms with van der Waals surface area (Å²) in [5.74, 6) is 0.857. The van der Waals surface area contributed by atoms with E-state index in [0.29, 0.717) is 0 Å². The third kappa shape index (κ3) is 5.00. The maximum atomic E-state index is 4.01. The average molecular weight is 191 g/mol. The standard InChI is InChI=1S/C13H21N/c1-12(2)6-4-3-5-7-13-8-10-14-11-9-13/h8-12H,3-7H2,1-2H3. The zero-order chi connectivity index (χ0) is 10.2. The third-order valence-electron chi connectivity index (χ3n) is 2.50. The van der Waals surface area contributed by atoms with E-state index in [1.54, 1.807) is 0 Å². The van der Waals surface area contributed by atoms with Crippen LogP contribution in [0, 0.1) is 5.92 Å². The van der Waals surface area contributed by atoms with Crippen molar-refractivity contribution in [3.8, 4) is 0 Å². The van der Waals surface area contributed by atoms with Crippen molar-refractivity contribution in [3.05, 3.63) is 30.1 Å². The fourth-order valence-electron chi connectivity index (χ4n) is 1.61. The van der Waals surface area contributed by atoms with Crippen LogP contribution in [0.3, 0.4) is 0 Å². The number of aromatic nitrogens is 1. The number of aryl methyl sites for hydroxylation is 1. The molecule has 1 rings (SSSR count). The third-order valence-corrected chi connectivity index (χ3v) is 2.50. The smallest absolute Gasteiger partial charge is 0.0270 e. The maximum absolute atomic E-state index is 4.01. The van der Waals surface area contributed by atoms with Crippen LogP contribution in [0.25, 0.3) is 0 Å². The molecule has 0 saturated carbocycles. The first-order valence-corrected chi connectivity index (χ1v) is 5.68. The largest absolute Gasteiger partial charge is 0.265 e. The lowest BCUT2D eigenvalue weighted by atomic mass is 10.0. The average Bonchev–Trinajstić information content (AvgIpc) is 2.18. The summed E-state index contributed by atoms with van der Waals surface area (Å²) in [5.41, 5.74) is 1.42. The van der Waals surface area contributed by atoms with Crippen molar-refractivity contribution in [2.45, 2.75) is 46.0 Å². The molecule has 14 heavy (non-hydrogen) atoms. The minimum atomic E-state index is 0.857. The molecule has 0 amide bonds. The molecule has 0 unspecified atom stereocenters. The van der Waals surface area contributed by atoms with E-state index < -0.39 is 0 Å². The SMILES string of the molecule is CC(C)CCCCCc1ccncc1. The van der Waals surface area contributed by atoms with Gasteiger partial charge in [0, 0.05) is 12.4 Å². The first-order chi connectivity index (χ1) is 6.79. The lowest BCUT2D eigenvalue weighted by Crippen LogP contribution is -1.89. The second-order valence-corrected chi connectivity index (χ2v) is 4.35. The summed E-state index contributed by atoms with van der Waals surface area (Å²) in [4.78, 5) is 4.01. The van der Waals surface area contributed by atoms with Crippen LogP contribution in [0.1, 0.15) is 45.1 Å². The van der Waals surface area contributed by atoms with Gasteiger partial charge in [-0.05, 0) is 36.5 Å². The van der Waals surface area contributed by atoms with Crippen LogP contribution in [-0.2, 0) is 6.42 Å². The highest BCUT2D eigenvalue weighted by Crippen LogP contribution is 2.10. The minimum absolute atomic E-state index is 0.857. The van der Waals surface area contributed by atoms with Crippen LogP contribution in [0.15, 0.2) is 24.5 Å². The van der Waals surface area contributed by atoms with Crippen LogP contribution < -0.4 is 0 Å². The van der Waals surface area contributed by atoms with Crippen molar-refractivity contribution in [1.82, 2.24) is 4.98 Å². The molecule has 0 saturated heterocycles. The molecular formula is C13H21N. The van der Waals surface area contributed by atoms with Crippen LogP contribution in [-0.4, -0.2) is 4.98 Å². The van der Waals surface area contributed by atoms with Crippen LogP contribution in [0.5, 0.6) is 0 Å². The van der Waals surface area contributed by atoms with Crippen molar-refractivity contribution < 1.29 is 0 Å². The Labute approximate surface area is 87.6 Å². The van der Waals surface area contributed by atoms with Gasteiger partial charge in [-0.25, -0.2) is 0 Å². The maximum Gasteiger partial charge on any atom is 0.0270 e. The molecule has 1 heterocycles. The Hall–Kier alpha value is -0.850. The van der Waals surface area contributed by atoms with Crippen molar-refractivity contribution >= 4 is 0 Å². The van der Waals surface area contributed by atoms with Gasteiger partial charge in [0.05, 0.1) is 0 Å². The quantitative estimate of drug-likeness (QED) is 0.622. The molecule has 0 aliphatic rings. The van der Waals surface area contributed by atoms with Crippen LogP contribution in [0.2, 0.25) is 0 Å². The molecule has 1 heteroatoms. The Morgan fingerprint density at radius 2 is 1.79 bits per heavy atom. The van der Waals surface area contributed by atoms with Gasteiger partial charge in [-0.3, -0.25) is 4.98 Å². The summed E-state index contributed by atoms with van der Waals surface area (Å²) in [5, 5.41) is 0. The highest BCUT2D eigenvalue weighted by atomic mass is 14.6. The molecule has 0 spiro atoms. The zero-order valence-electron chi connectivity index (χ0n) is 9.37. The molecule has 0 bridgehead atoms. The van der Waals surface area contributed by atoms with Gasteiger partial charge in [0.2, 0.25) is 0 Å². The number of pyridine rings is 1. The van der Waals surface area contributed by atoms with E-state index in [-0.39, 0.29) is 0 Å². The summed E-state index contributed by atoms with van der Waals surface area (Å²) in [7, 11) is 0. The summed E-state index contributed by atoms with van der Waals surface area (Å²) in [6.45, 7) is 4.59. The van der Waals surface area contributed by atoms with Gasteiger partial charge < -0.3 is 0 Å². The monoisotopic (exact) mass is 191 g/mol. The molecule has 0 aliphatic carbocycles. The summed E-state index contributed by atoms with van der Waals surface area (Å²) >= 11 is 0. The first kappa shape index (κ1) is 11.2. The van der Waals surface area contributed by atoms with E-state index in [1.165, 1.54) is 37.7 Å². The van der Waals surface area contributed by atoms with Gasteiger partial charge in [-0.2, -0.15) is 0 Å². The minimum Gasteiger partial charge on any atom is -0.265 e. The second-order valence-electron chi connectivity index (χ2n) is 4.35. The fraction of sp³-hybridized carbons (Fsp3) is 0.615. The zero-order valence-corrected chi connectivity index (χ0v) is 9.37. The molecule has 1 aromatic heterocycles. The van der Waals surface area contributed by atoms with Crippen molar-refractivity contribution in [2.75, 3.05) is 0 Å². The molecule has 0 radical (unpaired) electrons. The van der Waals surface area contributed by atoms with Crippen molar-refractivity contribution in [2.24, 2.45) is 5.92 Å². The molecule has 0 aromatic carbocycles. The van der Waals surface area contributed by atoms with Crippen molar-refractivity contribution in [1.29, 1.82) is 0 Å². The second kappa shape index (κ2) is 6.58. The lowest BCUT2D eigenvalue weighted by molar-refractivity contribution is 0.527. The van der Waals surface area contributed by atoms with E-state index in [2.05, 4.69) is 31.0 Å².